The maximum atomic E-state index is 12.3. The fourth-order valence-electron chi connectivity index (χ4n) is 3.28. The van der Waals surface area contributed by atoms with E-state index in [-0.39, 0.29) is 30.4 Å². The fraction of sp³-hybridized carbons (Fsp3) is 0.500. The lowest BCUT2D eigenvalue weighted by molar-refractivity contribution is -0.131. The minimum atomic E-state index is -0.0454. The molecule has 0 spiro atoms. The normalized spacial score (nSPS) is 17.4. The Morgan fingerprint density at radius 1 is 1.04 bits per heavy atom. The summed E-state index contributed by atoms with van der Waals surface area (Å²) in [5.74, 6) is -0.0393. The monoisotopic (exact) mass is 314 g/mol. The van der Waals surface area contributed by atoms with Gasteiger partial charge in [0.05, 0.1) is 0 Å². The van der Waals surface area contributed by atoms with Crippen LogP contribution in [0.3, 0.4) is 0 Å². The maximum absolute atomic E-state index is 12.3. The number of aryl methyl sites for hydroxylation is 2. The number of nitrogens with zero attached hydrogens (tertiary/aromatic N) is 1. The number of amides is 2. The molecule has 1 heterocycles. The number of carbonyl (C=O) groups excluding carboxylic acids is 3. The van der Waals surface area contributed by atoms with E-state index in [1.165, 1.54) is 11.1 Å². The molecule has 1 aromatic rings. The van der Waals surface area contributed by atoms with Crippen molar-refractivity contribution in [2.45, 2.75) is 38.5 Å². The number of Topliss-reactive ketones (excluding diaryl/α,β-unsaturated/α-hetero) is 1. The molecular weight excluding hydrogens is 292 g/mol. The van der Waals surface area contributed by atoms with Crippen LogP contribution < -0.4 is 5.32 Å². The molecule has 1 fully saturated rings. The van der Waals surface area contributed by atoms with Crippen LogP contribution >= 0.6 is 0 Å². The highest BCUT2D eigenvalue weighted by Crippen LogP contribution is 2.23. The van der Waals surface area contributed by atoms with Crippen LogP contribution in [0.4, 0.5) is 0 Å². The first-order valence-corrected chi connectivity index (χ1v) is 8.33. The number of benzene rings is 1. The van der Waals surface area contributed by atoms with Crippen LogP contribution in [0, 0.1) is 0 Å². The minimum absolute atomic E-state index is 0.0190. The van der Waals surface area contributed by atoms with Crippen molar-refractivity contribution in [2.24, 2.45) is 0 Å². The Labute approximate surface area is 136 Å². The van der Waals surface area contributed by atoms with Gasteiger partial charge in [-0.25, -0.2) is 0 Å². The molecule has 0 unspecified atom stereocenters. The summed E-state index contributed by atoms with van der Waals surface area (Å²) >= 11 is 0. The summed E-state index contributed by atoms with van der Waals surface area (Å²) in [4.78, 5) is 37.5. The zero-order valence-corrected chi connectivity index (χ0v) is 13.3. The Bertz CT molecular complexity index is 639. The molecule has 0 saturated carbocycles. The van der Waals surface area contributed by atoms with Gasteiger partial charge in [0.25, 0.3) is 0 Å². The second-order valence-corrected chi connectivity index (χ2v) is 6.24. The van der Waals surface area contributed by atoms with Gasteiger partial charge in [0, 0.05) is 44.5 Å². The first kappa shape index (κ1) is 15.7. The predicted octanol–water partition coefficient (Wildman–Crippen LogP) is 1.49. The molecule has 122 valence electrons. The topological polar surface area (TPSA) is 66.5 Å². The van der Waals surface area contributed by atoms with E-state index in [0.29, 0.717) is 31.6 Å². The maximum Gasteiger partial charge on any atom is 0.223 e. The third-order valence-electron chi connectivity index (χ3n) is 4.65. The molecule has 2 amide bonds. The Balaban J connectivity index is 1.54. The third-order valence-corrected chi connectivity index (χ3v) is 4.65. The van der Waals surface area contributed by atoms with Gasteiger partial charge in [-0.1, -0.05) is 12.1 Å². The average molecular weight is 314 g/mol. The highest BCUT2D eigenvalue weighted by atomic mass is 16.2. The summed E-state index contributed by atoms with van der Waals surface area (Å²) < 4.78 is 0. The number of fused-ring (bicyclic) bond motifs is 1. The molecule has 1 saturated heterocycles. The summed E-state index contributed by atoms with van der Waals surface area (Å²) in [7, 11) is 0. The van der Waals surface area contributed by atoms with Gasteiger partial charge >= 0.3 is 0 Å². The van der Waals surface area contributed by atoms with Crippen LogP contribution in [0.1, 0.15) is 47.2 Å². The number of hydrogen-bond donors (Lipinski definition) is 1. The summed E-state index contributed by atoms with van der Waals surface area (Å²) in [6.45, 7) is 1.46. The van der Waals surface area contributed by atoms with Crippen molar-refractivity contribution in [2.75, 3.05) is 19.6 Å². The molecule has 3 rings (SSSR count). The summed E-state index contributed by atoms with van der Waals surface area (Å²) in [6, 6.07) is 5.92. The molecular formula is C18H22N2O3. The number of hydrogen-bond acceptors (Lipinski definition) is 3. The molecule has 23 heavy (non-hydrogen) atoms. The van der Waals surface area contributed by atoms with E-state index in [9.17, 15) is 14.4 Å². The molecule has 0 radical (unpaired) electrons. The molecule has 2 aliphatic rings. The van der Waals surface area contributed by atoms with Crippen LogP contribution in [0.5, 0.6) is 0 Å². The number of rotatable bonds is 4. The second-order valence-electron chi connectivity index (χ2n) is 6.24. The number of nitrogens with one attached hydrogen (secondary N) is 1. The van der Waals surface area contributed by atoms with Crippen molar-refractivity contribution in [1.82, 2.24) is 10.2 Å². The lowest BCUT2D eigenvalue weighted by Gasteiger charge is -2.19. The van der Waals surface area contributed by atoms with Gasteiger partial charge in [0.15, 0.2) is 5.78 Å². The molecule has 5 nitrogen and oxygen atoms in total. The highest BCUT2D eigenvalue weighted by molar-refractivity contribution is 5.98. The van der Waals surface area contributed by atoms with Crippen LogP contribution in [-0.2, 0) is 22.4 Å². The Morgan fingerprint density at radius 2 is 1.87 bits per heavy atom. The quantitative estimate of drug-likeness (QED) is 0.856. The molecule has 1 aromatic carbocycles. The SMILES string of the molecule is O=C1CCN(C(=O)CCC(=O)c2ccc3c(c2)CCC3)CCN1. The van der Waals surface area contributed by atoms with Crippen LogP contribution in [0.2, 0.25) is 0 Å². The Morgan fingerprint density at radius 3 is 2.74 bits per heavy atom. The Hall–Kier alpha value is -2.17. The highest BCUT2D eigenvalue weighted by Gasteiger charge is 2.20. The molecule has 0 aromatic heterocycles. The van der Waals surface area contributed by atoms with Crippen molar-refractivity contribution in [1.29, 1.82) is 0 Å². The smallest absolute Gasteiger partial charge is 0.223 e. The molecule has 0 bridgehead atoms. The van der Waals surface area contributed by atoms with E-state index in [0.717, 1.165) is 19.3 Å². The van der Waals surface area contributed by atoms with Gasteiger partial charge in [-0.2, -0.15) is 0 Å². The van der Waals surface area contributed by atoms with E-state index in [2.05, 4.69) is 5.32 Å². The average Bonchev–Trinajstić information content (AvgIpc) is 2.92. The van der Waals surface area contributed by atoms with Gasteiger partial charge in [-0.05, 0) is 36.5 Å². The van der Waals surface area contributed by atoms with Gasteiger partial charge in [0.2, 0.25) is 11.8 Å². The summed E-state index contributed by atoms with van der Waals surface area (Å²) in [5, 5.41) is 2.74. The van der Waals surface area contributed by atoms with E-state index in [4.69, 9.17) is 0 Å². The molecule has 0 atom stereocenters. The van der Waals surface area contributed by atoms with Crippen molar-refractivity contribution in [3.05, 3.63) is 34.9 Å². The van der Waals surface area contributed by atoms with Crippen molar-refractivity contribution in [3.63, 3.8) is 0 Å². The lowest BCUT2D eigenvalue weighted by atomic mass is 10.0. The molecule has 1 aliphatic heterocycles. The van der Waals surface area contributed by atoms with Crippen LogP contribution in [0.15, 0.2) is 18.2 Å². The van der Waals surface area contributed by atoms with Crippen molar-refractivity contribution >= 4 is 17.6 Å². The largest absolute Gasteiger partial charge is 0.354 e. The van der Waals surface area contributed by atoms with Gasteiger partial charge in [-0.15, -0.1) is 0 Å². The zero-order valence-electron chi connectivity index (χ0n) is 13.3. The molecule has 1 aliphatic carbocycles. The zero-order chi connectivity index (χ0) is 16.2. The summed E-state index contributed by atoms with van der Waals surface area (Å²) in [5.41, 5.74) is 3.34. The van der Waals surface area contributed by atoms with E-state index in [1.807, 2.05) is 18.2 Å². The first-order valence-electron chi connectivity index (χ1n) is 8.33. The standard InChI is InChI=1S/C18H22N2O3/c21-16(15-5-4-13-2-1-3-14(13)12-15)6-7-18(23)20-10-8-17(22)19-9-11-20/h4-5,12H,1-3,6-11H2,(H,19,22). The van der Waals surface area contributed by atoms with Crippen LogP contribution in [0.25, 0.3) is 0 Å². The van der Waals surface area contributed by atoms with Gasteiger partial charge in [-0.3, -0.25) is 14.4 Å². The van der Waals surface area contributed by atoms with Gasteiger partial charge < -0.3 is 10.2 Å². The fourth-order valence-corrected chi connectivity index (χ4v) is 3.28. The predicted molar refractivity (Wildman–Crippen MR) is 86.2 cm³/mol. The summed E-state index contributed by atoms with van der Waals surface area (Å²) in [6.07, 6.45) is 4.09. The molecule has 5 heteroatoms. The Kier molecular flexibility index (Phi) is 4.74. The van der Waals surface area contributed by atoms with Gasteiger partial charge in [0.1, 0.15) is 0 Å². The minimum Gasteiger partial charge on any atom is -0.354 e. The number of carbonyl (C=O) groups is 3. The third kappa shape index (κ3) is 3.78. The number of ketones is 1. The van der Waals surface area contributed by atoms with Crippen molar-refractivity contribution < 1.29 is 14.4 Å². The van der Waals surface area contributed by atoms with E-state index in [1.54, 1.807) is 4.90 Å². The molecule has 1 N–H and O–H groups in total. The first-order chi connectivity index (χ1) is 11.1. The van der Waals surface area contributed by atoms with E-state index >= 15 is 0 Å². The van der Waals surface area contributed by atoms with Crippen LogP contribution in [-0.4, -0.2) is 42.1 Å². The van der Waals surface area contributed by atoms with E-state index < -0.39 is 0 Å². The lowest BCUT2D eigenvalue weighted by Crippen LogP contribution is -2.34. The second kappa shape index (κ2) is 6.94. The van der Waals surface area contributed by atoms with Crippen molar-refractivity contribution in [3.8, 4) is 0 Å².